The van der Waals surface area contributed by atoms with E-state index in [1.807, 2.05) is 25.1 Å². The number of amides is 1. The number of rotatable bonds is 7. The molecule has 7 heteroatoms. The van der Waals surface area contributed by atoms with Crippen molar-refractivity contribution in [2.75, 3.05) is 5.32 Å². The number of carboxylic acids is 1. The molecule has 2 rings (SSSR count). The molecule has 7 nitrogen and oxygen atoms in total. The van der Waals surface area contributed by atoms with Crippen LogP contribution in [0.3, 0.4) is 0 Å². The smallest absolute Gasteiger partial charge is 0.331 e. The fourth-order valence-corrected chi connectivity index (χ4v) is 2.50. The number of carbonyl (C=O) groups excluding carboxylic acids is 1. The van der Waals surface area contributed by atoms with Crippen LogP contribution in [0.1, 0.15) is 51.7 Å². The summed E-state index contributed by atoms with van der Waals surface area (Å²) in [7, 11) is 0. The Morgan fingerprint density at radius 1 is 1.26 bits per heavy atom. The number of anilines is 1. The minimum absolute atomic E-state index is 0.271. The predicted molar refractivity (Wildman–Crippen MR) is 103 cm³/mol. The van der Waals surface area contributed by atoms with Crippen LogP contribution in [0.4, 0.5) is 5.69 Å². The molecule has 1 atom stereocenters. The van der Waals surface area contributed by atoms with Crippen molar-refractivity contribution in [3.05, 3.63) is 41.7 Å². The average Bonchev–Trinajstić information content (AvgIpc) is 3.03. The van der Waals surface area contributed by atoms with Crippen molar-refractivity contribution >= 4 is 17.6 Å². The lowest BCUT2D eigenvalue weighted by atomic mass is 10.0. The SMILES string of the molecule is Cc1ccc(C(C)C)c(OC(C)C(=O)Nc2cnn(C(C)(C)C(=O)O)c2)c1. The van der Waals surface area contributed by atoms with Crippen LogP contribution in [-0.2, 0) is 15.1 Å². The Kier molecular flexibility index (Phi) is 5.93. The van der Waals surface area contributed by atoms with Gasteiger partial charge < -0.3 is 15.2 Å². The lowest BCUT2D eigenvalue weighted by molar-refractivity contribution is -0.146. The van der Waals surface area contributed by atoms with Crippen molar-refractivity contribution < 1.29 is 19.4 Å². The van der Waals surface area contributed by atoms with Gasteiger partial charge in [-0.15, -0.1) is 0 Å². The molecule has 1 heterocycles. The molecule has 1 unspecified atom stereocenters. The number of nitrogens with zero attached hydrogens (tertiary/aromatic N) is 2. The monoisotopic (exact) mass is 373 g/mol. The van der Waals surface area contributed by atoms with E-state index in [-0.39, 0.29) is 11.8 Å². The molecule has 2 aromatic rings. The van der Waals surface area contributed by atoms with Gasteiger partial charge >= 0.3 is 5.97 Å². The lowest BCUT2D eigenvalue weighted by Gasteiger charge is -2.20. The quantitative estimate of drug-likeness (QED) is 0.774. The molecule has 1 amide bonds. The molecule has 0 saturated carbocycles. The van der Waals surface area contributed by atoms with E-state index >= 15 is 0 Å². The third-order valence-corrected chi connectivity index (χ3v) is 4.41. The summed E-state index contributed by atoms with van der Waals surface area (Å²) in [6.45, 7) is 10.9. The van der Waals surface area contributed by atoms with Crippen LogP contribution in [0.15, 0.2) is 30.6 Å². The van der Waals surface area contributed by atoms with Crippen LogP contribution in [0.25, 0.3) is 0 Å². The second-order valence-corrected chi connectivity index (χ2v) is 7.48. The van der Waals surface area contributed by atoms with Crippen molar-refractivity contribution in [3.8, 4) is 5.75 Å². The number of carboxylic acid groups (broad SMARTS) is 1. The molecule has 0 spiro atoms. The van der Waals surface area contributed by atoms with Crippen molar-refractivity contribution in [1.82, 2.24) is 9.78 Å². The summed E-state index contributed by atoms with van der Waals surface area (Å²) in [4.78, 5) is 23.8. The van der Waals surface area contributed by atoms with E-state index in [9.17, 15) is 14.7 Å². The zero-order chi connectivity index (χ0) is 20.4. The summed E-state index contributed by atoms with van der Waals surface area (Å²) in [6.07, 6.45) is 2.19. The van der Waals surface area contributed by atoms with Crippen molar-refractivity contribution in [2.45, 2.75) is 59.1 Å². The molecule has 146 valence electrons. The van der Waals surface area contributed by atoms with Gasteiger partial charge in [-0.1, -0.05) is 26.0 Å². The number of aryl methyl sites for hydroxylation is 1. The Bertz CT molecular complexity index is 840. The average molecular weight is 373 g/mol. The first-order chi connectivity index (χ1) is 12.5. The fraction of sp³-hybridized carbons (Fsp3) is 0.450. The van der Waals surface area contributed by atoms with Crippen molar-refractivity contribution in [2.24, 2.45) is 0 Å². The van der Waals surface area contributed by atoms with Gasteiger partial charge in [0.25, 0.3) is 5.91 Å². The van der Waals surface area contributed by atoms with E-state index < -0.39 is 17.6 Å². The van der Waals surface area contributed by atoms with Crippen LogP contribution in [-0.4, -0.2) is 32.9 Å². The highest BCUT2D eigenvalue weighted by Crippen LogP contribution is 2.28. The molecule has 0 radical (unpaired) electrons. The number of nitrogens with one attached hydrogen (secondary N) is 1. The molecule has 27 heavy (non-hydrogen) atoms. The third-order valence-electron chi connectivity index (χ3n) is 4.41. The molecule has 0 aliphatic carbocycles. The second-order valence-electron chi connectivity index (χ2n) is 7.48. The number of benzene rings is 1. The summed E-state index contributed by atoms with van der Waals surface area (Å²) >= 11 is 0. The molecular formula is C20H27N3O4. The largest absolute Gasteiger partial charge is 0.481 e. The highest BCUT2D eigenvalue weighted by atomic mass is 16.5. The van der Waals surface area contributed by atoms with Gasteiger partial charge in [-0.2, -0.15) is 5.10 Å². The standard InChI is InChI=1S/C20H27N3O4/c1-12(2)16-8-7-13(3)9-17(16)27-14(4)18(24)22-15-10-21-23(11-15)20(5,6)19(25)26/h7-12,14H,1-6H3,(H,22,24)(H,25,26). The molecule has 0 aliphatic rings. The first-order valence-electron chi connectivity index (χ1n) is 8.89. The number of aliphatic carboxylic acids is 1. The molecule has 0 bridgehead atoms. The number of hydrogen-bond acceptors (Lipinski definition) is 4. The van der Waals surface area contributed by atoms with Gasteiger partial charge in [0.1, 0.15) is 5.75 Å². The first-order valence-corrected chi connectivity index (χ1v) is 8.89. The van der Waals surface area contributed by atoms with E-state index in [4.69, 9.17) is 4.74 Å². The summed E-state index contributed by atoms with van der Waals surface area (Å²) in [5.41, 5.74) is 1.30. The van der Waals surface area contributed by atoms with E-state index in [0.29, 0.717) is 11.4 Å². The third kappa shape index (κ3) is 4.67. The van der Waals surface area contributed by atoms with Crippen molar-refractivity contribution in [3.63, 3.8) is 0 Å². The molecule has 1 aromatic heterocycles. The Labute approximate surface area is 159 Å². The Hall–Kier alpha value is -2.83. The normalized spacial score (nSPS) is 12.7. The summed E-state index contributed by atoms with van der Waals surface area (Å²) in [5, 5.41) is 16.0. The number of aromatic nitrogens is 2. The fourth-order valence-electron chi connectivity index (χ4n) is 2.50. The van der Waals surface area contributed by atoms with Gasteiger partial charge in [-0.3, -0.25) is 9.48 Å². The van der Waals surface area contributed by atoms with E-state index in [2.05, 4.69) is 24.3 Å². The van der Waals surface area contributed by atoms with E-state index in [1.54, 1.807) is 6.92 Å². The maximum Gasteiger partial charge on any atom is 0.331 e. The van der Waals surface area contributed by atoms with Gasteiger partial charge in [0.05, 0.1) is 11.9 Å². The van der Waals surface area contributed by atoms with Gasteiger partial charge in [0.2, 0.25) is 0 Å². The summed E-state index contributed by atoms with van der Waals surface area (Å²) < 4.78 is 7.20. The molecule has 0 saturated heterocycles. The van der Waals surface area contributed by atoms with Crippen LogP contribution in [0, 0.1) is 6.92 Å². The minimum Gasteiger partial charge on any atom is -0.481 e. The highest BCUT2D eigenvalue weighted by molar-refractivity contribution is 5.94. The highest BCUT2D eigenvalue weighted by Gasteiger charge is 2.30. The maximum atomic E-state index is 12.5. The molecule has 0 fully saturated rings. The topological polar surface area (TPSA) is 93.5 Å². The van der Waals surface area contributed by atoms with Gasteiger partial charge in [-0.05, 0) is 50.8 Å². The molecule has 1 aromatic carbocycles. The Morgan fingerprint density at radius 3 is 2.52 bits per heavy atom. The Balaban J connectivity index is 2.10. The van der Waals surface area contributed by atoms with Crippen LogP contribution in [0.2, 0.25) is 0 Å². The van der Waals surface area contributed by atoms with Crippen LogP contribution < -0.4 is 10.1 Å². The van der Waals surface area contributed by atoms with Crippen LogP contribution >= 0.6 is 0 Å². The summed E-state index contributed by atoms with van der Waals surface area (Å²) in [5.74, 6) is -0.387. The summed E-state index contributed by atoms with van der Waals surface area (Å²) in [6, 6.07) is 5.95. The van der Waals surface area contributed by atoms with E-state index in [1.165, 1.54) is 30.9 Å². The predicted octanol–water partition coefficient (Wildman–Crippen LogP) is 3.54. The van der Waals surface area contributed by atoms with E-state index in [0.717, 1.165) is 11.1 Å². The van der Waals surface area contributed by atoms with Gasteiger partial charge in [0.15, 0.2) is 11.6 Å². The van der Waals surface area contributed by atoms with Gasteiger partial charge in [0, 0.05) is 6.20 Å². The first kappa shape index (κ1) is 20.5. The molecule has 2 N–H and O–H groups in total. The minimum atomic E-state index is -1.21. The maximum absolute atomic E-state index is 12.5. The number of hydrogen-bond donors (Lipinski definition) is 2. The molecule has 0 aliphatic heterocycles. The number of ether oxygens (including phenoxy) is 1. The lowest BCUT2D eigenvalue weighted by Crippen LogP contribution is -2.36. The molecular weight excluding hydrogens is 346 g/mol. The number of carbonyl (C=O) groups is 2. The zero-order valence-corrected chi connectivity index (χ0v) is 16.6. The Morgan fingerprint density at radius 2 is 1.93 bits per heavy atom. The van der Waals surface area contributed by atoms with Crippen LogP contribution in [0.5, 0.6) is 5.75 Å². The second kappa shape index (κ2) is 7.82. The zero-order valence-electron chi connectivity index (χ0n) is 16.6. The van der Waals surface area contributed by atoms with Crippen molar-refractivity contribution in [1.29, 1.82) is 0 Å². The van der Waals surface area contributed by atoms with Gasteiger partial charge in [-0.25, -0.2) is 4.79 Å².